The molecule has 0 radical (unpaired) electrons. The average Bonchev–Trinajstić information content (AvgIpc) is 2.52. The number of anilines is 1. The van der Waals surface area contributed by atoms with E-state index >= 15 is 0 Å². The van der Waals surface area contributed by atoms with E-state index in [4.69, 9.17) is 0 Å². The van der Waals surface area contributed by atoms with Crippen LogP contribution in [0.4, 0.5) is 5.69 Å². The summed E-state index contributed by atoms with van der Waals surface area (Å²) >= 11 is 0. The van der Waals surface area contributed by atoms with Crippen molar-refractivity contribution in [1.82, 2.24) is 10.2 Å². The first-order valence-electron chi connectivity index (χ1n) is 8.44. The molecule has 0 aromatic heterocycles. The summed E-state index contributed by atoms with van der Waals surface area (Å²) in [7, 11) is 2.08. The van der Waals surface area contributed by atoms with Crippen molar-refractivity contribution in [3.8, 4) is 0 Å². The molecular formula is C18H31N3. The molecule has 1 aliphatic heterocycles. The summed E-state index contributed by atoms with van der Waals surface area (Å²) in [5.41, 5.74) is 2.74. The zero-order valence-electron chi connectivity index (χ0n) is 13.9. The first-order chi connectivity index (χ1) is 10.2. The molecule has 1 aromatic rings. The predicted molar refractivity (Wildman–Crippen MR) is 92.2 cm³/mol. The van der Waals surface area contributed by atoms with E-state index in [9.17, 15) is 0 Å². The molecule has 0 amide bonds. The largest absolute Gasteiger partial charge is 0.369 e. The van der Waals surface area contributed by atoms with Gasteiger partial charge in [-0.25, -0.2) is 0 Å². The zero-order chi connectivity index (χ0) is 15.1. The SMILES string of the molecule is CCC(CCCN1CCN(c2cccc(C)c2)CC1)NC. The number of rotatable bonds is 7. The number of aryl methyl sites for hydroxylation is 1. The Hall–Kier alpha value is -1.06. The van der Waals surface area contributed by atoms with Crippen LogP contribution in [0, 0.1) is 6.92 Å². The van der Waals surface area contributed by atoms with E-state index in [1.807, 2.05) is 0 Å². The molecule has 1 aromatic carbocycles. The maximum absolute atomic E-state index is 3.40. The standard InChI is InChI=1S/C18H31N3/c1-4-17(19-3)8-6-10-20-11-13-21(14-12-20)18-9-5-7-16(2)15-18/h5,7,9,15,17,19H,4,6,8,10-14H2,1-3H3. The number of piperazine rings is 1. The Morgan fingerprint density at radius 3 is 2.57 bits per heavy atom. The fraction of sp³-hybridized carbons (Fsp3) is 0.667. The van der Waals surface area contributed by atoms with Crippen LogP contribution in [-0.4, -0.2) is 50.7 Å². The first kappa shape index (κ1) is 16.3. The van der Waals surface area contributed by atoms with Gasteiger partial charge in [0, 0.05) is 37.9 Å². The fourth-order valence-corrected chi connectivity index (χ4v) is 3.17. The lowest BCUT2D eigenvalue weighted by Gasteiger charge is -2.36. The summed E-state index contributed by atoms with van der Waals surface area (Å²) < 4.78 is 0. The molecule has 0 spiro atoms. The minimum atomic E-state index is 0.693. The van der Waals surface area contributed by atoms with Crippen molar-refractivity contribution in [1.29, 1.82) is 0 Å². The Morgan fingerprint density at radius 2 is 1.95 bits per heavy atom. The number of benzene rings is 1. The summed E-state index contributed by atoms with van der Waals surface area (Å²) in [5, 5.41) is 3.40. The molecule has 0 bridgehead atoms. The van der Waals surface area contributed by atoms with Crippen molar-refractivity contribution in [2.75, 3.05) is 44.7 Å². The molecule has 3 nitrogen and oxygen atoms in total. The van der Waals surface area contributed by atoms with Gasteiger partial charge in [-0.2, -0.15) is 0 Å². The third kappa shape index (κ3) is 5.01. The fourth-order valence-electron chi connectivity index (χ4n) is 3.17. The molecule has 3 heteroatoms. The molecule has 1 unspecified atom stereocenters. The molecule has 118 valence electrons. The van der Waals surface area contributed by atoms with Crippen molar-refractivity contribution >= 4 is 5.69 Å². The van der Waals surface area contributed by atoms with Gasteiger partial charge in [-0.15, -0.1) is 0 Å². The number of nitrogens with zero attached hydrogens (tertiary/aromatic N) is 2. The van der Waals surface area contributed by atoms with Crippen LogP contribution in [0.2, 0.25) is 0 Å². The molecular weight excluding hydrogens is 258 g/mol. The van der Waals surface area contributed by atoms with E-state index in [2.05, 4.69) is 60.3 Å². The Kier molecular flexibility index (Phi) is 6.52. The van der Waals surface area contributed by atoms with Crippen molar-refractivity contribution in [3.05, 3.63) is 29.8 Å². The van der Waals surface area contributed by atoms with E-state index in [-0.39, 0.29) is 0 Å². The Bertz CT molecular complexity index is 407. The molecule has 1 saturated heterocycles. The van der Waals surface area contributed by atoms with Gasteiger partial charge in [0.1, 0.15) is 0 Å². The maximum atomic E-state index is 3.40. The van der Waals surface area contributed by atoms with Crippen LogP contribution in [0.25, 0.3) is 0 Å². The molecule has 0 aliphatic carbocycles. The van der Waals surface area contributed by atoms with Crippen LogP contribution in [0.5, 0.6) is 0 Å². The maximum Gasteiger partial charge on any atom is 0.0369 e. The Balaban J connectivity index is 1.71. The lowest BCUT2D eigenvalue weighted by atomic mass is 10.1. The van der Waals surface area contributed by atoms with Gasteiger partial charge in [-0.05, 0) is 57.5 Å². The molecule has 21 heavy (non-hydrogen) atoms. The Morgan fingerprint density at radius 1 is 1.19 bits per heavy atom. The number of hydrogen-bond acceptors (Lipinski definition) is 3. The van der Waals surface area contributed by atoms with Gasteiger partial charge in [0.25, 0.3) is 0 Å². The van der Waals surface area contributed by atoms with Gasteiger partial charge < -0.3 is 10.2 Å². The van der Waals surface area contributed by atoms with Gasteiger partial charge in [0.15, 0.2) is 0 Å². The predicted octanol–water partition coefficient (Wildman–Crippen LogP) is 2.90. The van der Waals surface area contributed by atoms with Crippen molar-refractivity contribution in [3.63, 3.8) is 0 Å². The lowest BCUT2D eigenvalue weighted by molar-refractivity contribution is 0.248. The number of nitrogens with one attached hydrogen (secondary N) is 1. The number of hydrogen-bond donors (Lipinski definition) is 1. The second-order valence-corrected chi connectivity index (χ2v) is 6.20. The van der Waals surface area contributed by atoms with Crippen LogP contribution in [-0.2, 0) is 0 Å². The molecule has 2 rings (SSSR count). The first-order valence-corrected chi connectivity index (χ1v) is 8.44. The second-order valence-electron chi connectivity index (χ2n) is 6.20. The minimum Gasteiger partial charge on any atom is -0.369 e. The monoisotopic (exact) mass is 289 g/mol. The van der Waals surface area contributed by atoms with Crippen LogP contribution < -0.4 is 10.2 Å². The van der Waals surface area contributed by atoms with E-state index in [1.54, 1.807) is 0 Å². The summed E-state index contributed by atoms with van der Waals surface area (Å²) in [6.07, 6.45) is 3.84. The normalized spacial score (nSPS) is 18.0. The molecule has 1 N–H and O–H groups in total. The second kappa shape index (κ2) is 8.40. The highest BCUT2D eigenvalue weighted by Gasteiger charge is 2.17. The molecule has 0 saturated carbocycles. The van der Waals surface area contributed by atoms with Gasteiger partial charge >= 0.3 is 0 Å². The molecule has 1 fully saturated rings. The smallest absolute Gasteiger partial charge is 0.0369 e. The minimum absolute atomic E-state index is 0.693. The highest BCUT2D eigenvalue weighted by Crippen LogP contribution is 2.18. The zero-order valence-corrected chi connectivity index (χ0v) is 13.9. The van der Waals surface area contributed by atoms with Crippen molar-refractivity contribution < 1.29 is 0 Å². The van der Waals surface area contributed by atoms with E-state index in [0.717, 1.165) is 13.1 Å². The topological polar surface area (TPSA) is 18.5 Å². The summed E-state index contributed by atoms with van der Waals surface area (Å²) in [6, 6.07) is 9.57. The van der Waals surface area contributed by atoms with Crippen LogP contribution >= 0.6 is 0 Å². The van der Waals surface area contributed by atoms with Crippen LogP contribution in [0.15, 0.2) is 24.3 Å². The highest BCUT2D eigenvalue weighted by atomic mass is 15.3. The van der Waals surface area contributed by atoms with E-state index in [1.165, 1.54) is 50.1 Å². The van der Waals surface area contributed by atoms with Gasteiger partial charge in [0.2, 0.25) is 0 Å². The summed E-state index contributed by atoms with van der Waals surface area (Å²) in [6.45, 7) is 10.4. The van der Waals surface area contributed by atoms with Crippen LogP contribution in [0.3, 0.4) is 0 Å². The van der Waals surface area contributed by atoms with Gasteiger partial charge in [-0.3, -0.25) is 4.90 Å². The third-order valence-corrected chi connectivity index (χ3v) is 4.67. The molecule has 1 heterocycles. The van der Waals surface area contributed by atoms with Gasteiger partial charge in [0.05, 0.1) is 0 Å². The quantitative estimate of drug-likeness (QED) is 0.832. The molecule has 1 atom stereocenters. The average molecular weight is 289 g/mol. The van der Waals surface area contributed by atoms with E-state index < -0.39 is 0 Å². The highest BCUT2D eigenvalue weighted by molar-refractivity contribution is 5.48. The third-order valence-electron chi connectivity index (χ3n) is 4.67. The van der Waals surface area contributed by atoms with Crippen LogP contribution in [0.1, 0.15) is 31.7 Å². The van der Waals surface area contributed by atoms with Crippen molar-refractivity contribution in [2.24, 2.45) is 0 Å². The molecule has 1 aliphatic rings. The van der Waals surface area contributed by atoms with E-state index in [0.29, 0.717) is 6.04 Å². The summed E-state index contributed by atoms with van der Waals surface area (Å²) in [5.74, 6) is 0. The summed E-state index contributed by atoms with van der Waals surface area (Å²) in [4.78, 5) is 5.14. The van der Waals surface area contributed by atoms with Gasteiger partial charge in [-0.1, -0.05) is 19.1 Å². The Labute approximate surface area is 130 Å². The lowest BCUT2D eigenvalue weighted by Crippen LogP contribution is -2.46. The van der Waals surface area contributed by atoms with Crippen molar-refractivity contribution in [2.45, 2.75) is 39.2 Å².